The fourth-order valence-electron chi connectivity index (χ4n) is 2.48. The summed E-state index contributed by atoms with van der Waals surface area (Å²) >= 11 is 0. The number of hydrogen-bond acceptors (Lipinski definition) is 5. The predicted molar refractivity (Wildman–Crippen MR) is 81.7 cm³/mol. The maximum absolute atomic E-state index is 11.6. The number of rotatable bonds is 4. The lowest BCUT2D eigenvalue weighted by Gasteiger charge is -2.34. The molecule has 1 aliphatic rings. The Hall–Kier alpha value is -2.08. The molecular weight excluding hydrogens is 284 g/mol. The molecule has 6 nitrogen and oxygen atoms in total. The Morgan fingerprint density at radius 2 is 1.91 bits per heavy atom. The van der Waals surface area contributed by atoms with Crippen molar-refractivity contribution in [1.29, 1.82) is 0 Å². The smallest absolute Gasteiger partial charge is 0.409 e. The van der Waals surface area contributed by atoms with Crippen LogP contribution < -0.4 is 0 Å². The minimum Gasteiger partial charge on any atom is -0.465 e. The topological polar surface area (TPSA) is 59.1 Å². The molecule has 22 heavy (non-hydrogen) atoms. The van der Waals surface area contributed by atoms with Gasteiger partial charge in [0.1, 0.15) is 0 Å². The second-order valence-electron chi connectivity index (χ2n) is 5.15. The molecular formula is C16H22N2O4. The van der Waals surface area contributed by atoms with E-state index in [-0.39, 0.29) is 12.1 Å². The summed E-state index contributed by atoms with van der Waals surface area (Å²) in [6, 6.07) is 7.44. The lowest BCUT2D eigenvalue weighted by Crippen LogP contribution is -2.48. The molecule has 0 atom stereocenters. The number of ether oxygens (including phenoxy) is 2. The second kappa shape index (κ2) is 7.79. The van der Waals surface area contributed by atoms with Gasteiger partial charge in [-0.1, -0.05) is 12.1 Å². The molecule has 0 aliphatic carbocycles. The van der Waals surface area contributed by atoms with Crippen LogP contribution in [0.3, 0.4) is 0 Å². The van der Waals surface area contributed by atoms with Crippen LogP contribution in [0, 0.1) is 0 Å². The molecule has 120 valence electrons. The summed E-state index contributed by atoms with van der Waals surface area (Å²) in [5, 5.41) is 0. The normalized spacial score (nSPS) is 15.5. The van der Waals surface area contributed by atoms with E-state index in [1.165, 1.54) is 7.11 Å². The first-order valence-electron chi connectivity index (χ1n) is 7.45. The van der Waals surface area contributed by atoms with Gasteiger partial charge in [-0.05, 0) is 24.6 Å². The molecule has 0 aromatic heterocycles. The van der Waals surface area contributed by atoms with E-state index in [0.717, 1.165) is 25.2 Å². The number of benzene rings is 1. The number of carbonyl (C=O) groups excluding carboxylic acids is 2. The van der Waals surface area contributed by atoms with E-state index in [9.17, 15) is 9.59 Å². The predicted octanol–water partition coefficient (Wildman–Crippen LogP) is 1.75. The molecule has 0 radical (unpaired) electrons. The van der Waals surface area contributed by atoms with Gasteiger partial charge in [0.2, 0.25) is 0 Å². The van der Waals surface area contributed by atoms with E-state index in [4.69, 9.17) is 9.47 Å². The molecule has 1 heterocycles. The Balaban J connectivity index is 1.88. The van der Waals surface area contributed by atoms with Gasteiger partial charge in [-0.2, -0.15) is 0 Å². The van der Waals surface area contributed by atoms with Crippen LogP contribution in [0.2, 0.25) is 0 Å². The third kappa shape index (κ3) is 4.21. The highest BCUT2D eigenvalue weighted by molar-refractivity contribution is 5.89. The minimum absolute atomic E-state index is 0.241. The van der Waals surface area contributed by atoms with Gasteiger partial charge < -0.3 is 14.4 Å². The largest absolute Gasteiger partial charge is 0.465 e. The van der Waals surface area contributed by atoms with Crippen LogP contribution in [0.5, 0.6) is 0 Å². The summed E-state index contributed by atoms with van der Waals surface area (Å²) in [5.41, 5.74) is 1.62. The molecule has 0 saturated carbocycles. The van der Waals surface area contributed by atoms with Crippen LogP contribution in [0.15, 0.2) is 24.3 Å². The standard InChI is InChI=1S/C16H22N2O4/c1-3-22-16(20)18-9-7-17(8-10-18)12-13-5-4-6-14(11-13)15(19)21-2/h4-6,11H,3,7-10,12H2,1-2H3. The highest BCUT2D eigenvalue weighted by Crippen LogP contribution is 2.12. The van der Waals surface area contributed by atoms with Gasteiger partial charge in [0.25, 0.3) is 0 Å². The van der Waals surface area contributed by atoms with Crippen molar-refractivity contribution in [3.63, 3.8) is 0 Å². The summed E-state index contributed by atoms with van der Waals surface area (Å²) in [7, 11) is 1.38. The molecule has 1 aromatic rings. The van der Waals surface area contributed by atoms with Crippen molar-refractivity contribution < 1.29 is 19.1 Å². The van der Waals surface area contributed by atoms with Gasteiger partial charge in [0.15, 0.2) is 0 Å². The fraction of sp³-hybridized carbons (Fsp3) is 0.500. The Morgan fingerprint density at radius 1 is 1.18 bits per heavy atom. The van der Waals surface area contributed by atoms with Crippen LogP contribution in [0.1, 0.15) is 22.8 Å². The summed E-state index contributed by atoms with van der Waals surface area (Å²) in [6.07, 6.45) is -0.241. The van der Waals surface area contributed by atoms with E-state index in [1.54, 1.807) is 11.0 Å². The molecule has 2 rings (SSSR count). The van der Waals surface area contributed by atoms with E-state index in [2.05, 4.69) is 4.90 Å². The van der Waals surface area contributed by atoms with Crippen molar-refractivity contribution in [1.82, 2.24) is 9.80 Å². The summed E-state index contributed by atoms with van der Waals surface area (Å²) in [5.74, 6) is -0.325. The van der Waals surface area contributed by atoms with Crippen molar-refractivity contribution in [2.45, 2.75) is 13.5 Å². The number of piperazine rings is 1. The molecule has 0 bridgehead atoms. The molecule has 1 amide bonds. The molecule has 0 unspecified atom stereocenters. The number of hydrogen-bond donors (Lipinski definition) is 0. The first-order chi connectivity index (χ1) is 10.6. The maximum atomic E-state index is 11.6. The Morgan fingerprint density at radius 3 is 2.55 bits per heavy atom. The molecule has 1 fully saturated rings. The lowest BCUT2D eigenvalue weighted by molar-refractivity contribution is 0.0599. The van der Waals surface area contributed by atoms with Gasteiger partial charge in [-0.3, -0.25) is 4.90 Å². The SMILES string of the molecule is CCOC(=O)N1CCN(Cc2cccc(C(=O)OC)c2)CC1. The van der Waals surface area contributed by atoms with Crippen LogP contribution in [-0.4, -0.2) is 61.8 Å². The monoisotopic (exact) mass is 306 g/mol. The van der Waals surface area contributed by atoms with Crippen molar-refractivity contribution in [2.24, 2.45) is 0 Å². The third-order valence-corrected chi connectivity index (χ3v) is 3.65. The molecule has 1 saturated heterocycles. The lowest BCUT2D eigenvalue weighted by atomic mass is 10.1. The van der Waals surface area contributed by atoms with E-state index < -0.39 is 0 Å². The van der Waals surface area contributed by atoms with Crippen molar-refractivity contribution in [3.8, 4) is 0 Å². The summed E-state index contributed by atoms with van der Waals surface area (Å²) < 4.78 is 9.74. The average molecular weight is 306 g/mol. The number of amides is 1. The summed E-state index contributed by atoms with van der Waals surface area (Å²) in [4.78, 5) is 27.2. The number of carbonyl (C=O) groups is 2. The van der Waals surface area contributed by atoms with Gasteiger partial charge in [-0.15, -0.1) is 0 Å². The molecule has 1 aliphatic heterocycles. The van der Waals surface area contributed by atoms with Crippen LogP contribution >= 0.6 is 0 Å². The molecule has 0 spiro atoms. The fourth-order valence-corrected chi connectivity index (χ4v) is 2.48. The number of methoxy groups -OCH3 is 1. The highest BCUT2D eigenvalue weighted by Gasteiger charge is 2.21. The van der Waals surface area contributed by atoms with E-state index >= 15 is 0 Å². The molecule has 6 heteroatoms. The third-order valence-electron chi connectivity index (χ3n) is 3.65. The average Bonchev–Trinajstić information content (AvgIpc) is 2.55. The first-order valence-corrected chi connectivity index (χ1v) is 7.45. The Labute approximate surface area is 130 Å². The number of esters is 1. The molecule has 1 aromatic carbocycles. The minimum atomic E-state index is -0.325. The second-order valence-corrected chi connectivity index (χ2v) is 5.15. The van der Waals surface area contributed by atoms with Gasteiger partial charge in [-0.25, -0.2) is 9.59 Å². The Bertz CT molecular complexity index is 525. The van der Waals surface area contributed by atoms with E-state index in [0.29, 0.717) is 25.3 Å². The number of nitrogens with zero attached hydrogens (tertiary/aromatic N) is 2. The van der Waals surface area contributed by atoms with Crippen LogP contribution in [0.25, 0.3) is 0 Å². The zero-order valence-electron chi connectivity index (χ0n) is 13.1. The zero-order chi connectivity index (χ0) is 15.9. The van der Waals surface area contributed by atoms with Crippen molar-refractivity contribution >= 4 is 12.1 Å². The van der Waals surface area contributed by atoms with E-state index in [1.807, 2.05) is 25.1 Å². The summed E-state index contributed by atoms with van der Waals surface area (Å²) in [6.45, 7) is 5.87. The quantitative estimate of drug-likeness (QED) is 0.793. The maximum Gasteiger partial charge on any atom is 0.409 e. The van der Waals surface area contributed by atoms with Gasteiger partial charge in [0, 0.05) is 32.7 Å². The first kappa shape index (κ1) is 16.3. The zero-order valence-corrected chi connectivity index (χ0v) is 13.1. The van der Waals surface area contributed by atoms with Crippen molar-refractivity contribution in [2.75, 3.05) is 39.9 Å². The highest BCUT2D eigenvalue weighted by atomic mass is 16.6. The Kier molecular flexibility index (Phi) is 5.77. The molecule has 0 N–H and O–H groups in total. The van der Waals surface area contributed by atoms with Crippen molar-refractivity contribution in [3.05, 3.63) is 35.4 Å². The van der Waals surface area contributed by atoms with Crippen LogP contribution in [-0.2, 0) is 16.0 Å². The van der Waals surface area contributed by atoms with Gasteiger partial charge in [0.05, 0.1) is 19.3 Å². The van der Waals surface area contributed by atoms with Crippen LogP contribution in [0.4, 0.5) is 4.79 Å². The van der Waals surface area contributed by atoms with Gasteiger partial charge >= 0.3 is 12.1 Å².